The number of carbonyl (C=O) groups excluding carboxylic acids is 1. The minimum atomic E-state index is -0.852. The minimum Gasteiger partial charge on any atom is -0.481 e. The molecule has 0 spiro atoms. The second-order valence-electron chi connectivity index (χ2n) is 4.74. The molecule has 104 valence electrons. The molecule has 1 rings (SSSR count). The number of carboxylic acid groups (broad SMARTS) is 1. The lowest BCUT2D eigenvalue weighted by Gasteiger charge is -2.17. The number of carbonyl (C=O) groups is 2. The van der Waals surface area contributed by atoms with E-state index in [0.29, 0.717) is 19.4 Å². The predicted octanol–water partition coefficient (Wildman–Crippen LogP) is 2.25. The second kappa shape index (κ2) is 7.56. The van der Waals surface area contributed by atoms with Gasteiger partial charge in [-0.25, -0.2) is 0 Å². The molecule has 0 heterocycles. The third kappa shape index (κ3) is 5.55. The number of benzene rings is 1. The fraction of sp³-hybridized carbons (Fsp3) is 0.467. The molecule has 1 N–H and O–H groups in total. The van der Waals surface area contributed by atoms with Crippen LogP contribution in [0.15, 0.2) is 24.3 Å². The number of amides is 1. The first-order valence-electron chi connectivity index (χ1n) is 6.51. The van der Waals surface area contributed by atoms with Crippen molar-refractivity contribution in [1.82, 2.24) is 4.90 Å². The maximum atomic E-state index is 11.8. The zero-order valence-corrected chi connectivity index (χ0v) is 11.6. The normalized spacial score (nSPS) is 10.2. The van der Waals surface area contributed by atoms with Gasteiger partial charge in [-0.1, -0.05) is 24.3 Å². The molecule has 0 aromatic heterocycles. The van der Waals surface area contributed by atoms with Crippen LogP contribution in [0.3, 0.4) is 0 Å². The highest BCUT2D eigenvalue weighted by Crippen LogP contribution is 2.09. The highest BCUT2D eigenvalue weighted by molar-refractivity contribution is 5.76. The third-order valence-corrected chi connectivity index (χ3v) is 3.18. The highest BCUT2D eigenvalue weighted by atomic mass is 16.4. The maximum absolute atomic E-state index is 11.8. The summed E-state index contributed by atoms with van der Waals surface area (Å²) in [5.41, 5.74) is 2.47. The molecular formula is C15H21NO3. The van der Waals surface area contributed by atoms with Crippen LogP contribution in [0.1, 0.15) is 30.4 Å². The Labute approximate surface area is 114 Å². The summed E-state index contributed by atoms with van der Waals surface area (Å²) in [5.74, 6) is -0.842. The van der Waals surface area contributed by atoms with E-state index in [4.69, 9.17) is 5.11 Å². The fourth-order valence-electron chi connectivity index (χ4n) is 1.89. The van der Waals surface area contributed by atoms with E-state index < -0.39 is 5.97 Å². The summed E-state index contributed by atoms with van der Waals surface area (Å²) in [7, 11) is 1.77. The minimum absolute atomic E-state index is 0.00911. The number of rotatable bonds is 7. The third-order valence-electron chi connectivity index (χ3n) is 3.18. The van der Waals surface area contributed by atoms with Gasteiger partial charge in [-0.3, -0.25) is 9.59 Å². The molecule has 0 aliphatic rings. The fourth-order valence-corrected chi connectivity index (χ4v) is 1.89. The average molecular weight is 263 g/mol. The Hall–Kier alpha value is -1.84. The summed E-state index contributed by atoms with van der Waals surface area (Å²) in [6.07, 6.45) is 1.59. The van der Waals surface area contributed by atoms with Crippen molar-refractivity contribution in [2.24, 2.45) is 0 Å². The van der Waals surface area contributed by atoms with Crippen LogP contribution >= 0.6 is 0 Å². The van der Waals surface area contributed by atoms with E-state index in [1.807, 2.05) is 12.1 Å². The van der Waals surface area contributed by atoms with Gasteiger partial charge in [-0.2, -0.15) is 0 Å². The van der Waals surface area contributed by atoms with Gasteiger partial charge in [0.2, 0.25) is 5.91 Å². The smallest absolute Gasteiger partial charge is 0.303 e. The lowest BCUT2D eigenvalue weighted by molar-refractivity contribution is -0.137. The number of hydrogen-bond donors (Lipinski definition) is 1. The van der Waals surface area contributed by atoms with Crippen LogP contribution in [0.5, 0.6) is 0 Å². The Morgan fingerprint density at radius 2 is 1.89 bits per heavy atom. The van der Waals surface area contributed by atoms with E-state index in [-0.39, 0.29) is 12.3 Å². The molecule has 0 aliphatic heterocycles. The van der Waals surface area contributed by atoms with Crippen LogP contribution in [-0.4, -0.2) is 35.5 Å². The lowest BCUT2D eigenvalue weighted by Crippen LogP contribution is -2.28. The Morgan fingerprint density at radius 3 is 2.53 bits per heavy atom. The lowest BCUT2D eigenvalue weighted by atomic mass is 10.1. The molecule has 4 heteroatoms. The SMILES string of the molecule is Cc1ccccc1CCN(C)C(=O)CCCC(=O)O. The van der Waals surface area contributed by atoms with Crippen LogP contribution < -0.4 is 0 Å². The van der Waals surface area contributed by atoms with Crippen molar-refractivity contribution >= 4 is 11.9 Å². The van der Waals surface area contributed by atoms with Gasteiger partial charge in [0.15, 0.2) is 0 Å². The Bertz CT molecular complexity index is 443. The topological polar surface area (TPSA) is 57.6 Å². The van der Waals surface area contributed by atoms with Crippen molar-refractivity contribution in [2.45, 2.75) is 32.6 Å². The zero-order valence-electron chi connectivity index (χ0n) is 11.6. The number of aryl methyl sites for hydroxylation is 1. The molecular weight excluding hydrogens is 242 g/mol. The van der Waals surface area contributed by atoms with E-state index >= 15 is 0 Å². The molecule has 0 aliphatic carbocycles. The van der Waals surface area contributed by atoms with Crippen molar-refractivity contribution in [3.8, 4) is 0 Å². The summed E-state index contributed by atoms with van der Waals surface area (Å²) in [4.78, 5) is 23.8. The van der Waals surface area contributed by atoms with Crippen LogP contribution in [0.4, 0.5) is 0 Å². The first kappa shape index (κ1) is 15.2. The van der Waals surface area contributed by atoms with Crippen molar-refractivity contribution < 1.29 is 14.7 Å². The predicted molar refractivity (Wildman–Crippen MR) is 74.0 cm³/mol. The van der Waals surface area contributed by atoms with Crippen LogP contribution in [0, 0.1) is 6.92 Å². The molecule has 0 bridgehead atoms. The largest absolute Gasteiger partial charge is 0.481 e. The quantitative estimate of drug-likeness (QED) is 0.821. The molecule has 0 saturated carbocycles. The number of carboxylic acids is 1. The van der Waals surface area contributed by atoms with E-state index in [9.17, 15) is 9.59 Å². The van der Waals surface area contributed by atoms with Gasteiger partial charge < -0.3 is 10.0 Å². The molecule has 0 radical (unpaired) electrons. The maximum Gasteiger partial charge on any atom is 0.303 e. The monoisotopic (exact) mass is 263 g/mol. The first-order chi connectivity index (χ1) is 9.00. The van der Waals surface area contributed by atoms with Gasteiger partial charge in [-0.05, 0) is 30.9 Å². The molecule has 0 fully saturated rings. The number of hydrogen-bond acceptors (Lipinski definition) is 2. The molecule has 1 amide bonds. The molecule has 1 aromatic carbocycles. The van der Waals surface area contributed by atoms with Crippen LogP contribution in [-0.2, 0) is 16.0 Å². The summed E-state index contributed by atoms with van der Waals surface area (Å²) in [6, 6.07) is 8.12. The van der Waals surface area contributed by atoms with Gasteiger partial charge in [-0.15, -0.1) is 0 Å². The Balaban J connectivity index is 2.34. The second-order valence-corrected chi connectivity index (χ2v) is 4.74. The highest BCUT2D eigenvalue weighted by Gasteiger charge is 2.09. The van der Waals surface area contributed by atoms with E-state index in [1.165, 1.54) is 11.1 Å². The van der Waals surface area contributed by atoms with Gasteiger partial charge in [0.1, 0.15) is 0 Å². The zero-order chi connectivity index (χ0) is 14.3. The van der Waals surface area contributed by atoms with Gasteiger partial charge in [0.05, 0.1) is 0 Å². The van der Waals surface area contributed by atoms with Gasteiger partial charge >= 0.3 is 5.97 Å². The Morgan fingerprint density at radius 1 is 1.21 bits per heavy atom. The van der Waals surface area contributed by atoms with Crippen LogP contribution in [0.2, 0.25) is 0 Å². The number of likely N-dealkylation sites (N-methyl/N-ethyl adjacent to an activating group) is 1. The molecule has 0 atom stereocenters. The van der Waals surface area contributed by atoms with Crippen LogP contribution in [0.25, 0.3) is 0 Å². The van der Waals surface area contributed by atoms with Gasteiger partial charge in [0, 0.05) is 26.4 Å². The first-order valence-corrected chi connectivity index (χ1v) is 6.51. The average Bonchev–Trinajstić information content (AvgIpc) is 2.36. The van der Waals surface area contributed by atoms with E-state index in [0.717, 1.165) is 6.42 Å². The number of aliphatic carboxylic acids is 1. The summed E-state index contributed by atoms with van der Waals surface area (Å²) >= 11 is 0. The van der Waals surface area contributed by atoms with E-state index in [2.05, 4.69) is 19.1 Å². The molecule has 4 nitrogen and oxygen atoms in total. The number of nitrogens with zero attached hydrogens (tertiary/aromatic N) is 1. The Kier molecular flexibility index (Phi) is 6.06. The van der Waals surface area contributed by atoms with Crippen molar-refractivity contribution in [3.05, 3.63) is 35.4 Å². The molecule has 0 unspecified atom stereocenters. The summed E-state index contributed by atoms with van der Waals surface area (Å²) in [6.45, 7) is 2.72. The van der Waals surface area contributed by atoms with Crippen molar-refractivity contribution in [2.75, 3.05) is 13.6 Å². The summed E-state index contributed by atoms with van der Waals surface area (Å²) in [5, 5.41) is 8.52. The standard InChI is InChI=1S/C15H21NO3/c1-12-6-3-4-7-13(12)10-11-16(2)14(17)8-5-9-15(18)19/h3-4,6-7H,5,8-11H2,1-2H3,(H,18,19). The van der Waals surface area contributed by atoms with E-state index in [1.54, 1.807) is 11.9 Å². The molecule has 1 aromatic rings. The van der Waals surface area contributed by atoms with Gasteiger partial charge in [0.25, 0.3) is 0 Å². The molecule has 19 heavy (non-hydrogen) atoms. The molecule has 0 saturated heterocycles. The van der Waals surface area contributed by atoms with Crippen molar-refractivity contribution in [3.63, 3.8) is 0 Å². The summed E-state index contributed by atoms with van der Waals surface area (Å²) < 4.78 is 0. The van der Waals surface area contributed by atoms with Crippen molar-refractivity contribution in [1.29, 1.82) is 0 Å².